The summed E-state index contributed by atoms with van der Waals surface area (Å²) in [6.07, 6.45) is 3.61. The number of hydrogen-bond donors (Lipinski definition) is 0. The maximum Gasteiger partial charge on any atom is 0.0592 e. The van der Waals surface area contributed by atoms with E-state index in [2.05, 4.69) is 50.1 Å². The molecule has 0 spiro atoms. The second-order valence-electron chi connectivity index (χ2n) is 3.92. The van der Waals surface area contributed by atoms with E-state index < -0.39 is 0 Å². The maximum atomic E-state index is 5.89. The SMILES string of the molecule is ClCCN(Cc1ccccc1)c1ccncc1Br. The molecule has 0 aliphatic heterocycles. The number of rotatable bonds is 5. The van der Waals surface area contributed by atoms with Gasteiger partial charge >= 0.3 is 0 Å². The Morgan fingerprint density at radius 2 is 1.94 bits per heavy atom. The van der Waals surface area contributed by atoms with E-state index >= 15 is 0 Å². The van der Waals surface area contributed by atoms with Crippen LogP contribution in [-0.4, -0.2) is 17.4 Å². The lowest BCUT2D eigenvalue weighted by Gasteiger charge is -2.25. The molecule has 4 heteroatoms. The minimum absolute atomic E-state index is 0.599. The van der Waals surface area contributed by atoms with Crippen molar-refractivity contribution in [3.05, 3.63) is 58.8 Å². The fraction of sp³-hybridized carbons (Fsp3) is 0.214. The van der Waals surface area contributed by atoms with E-state index in [1.165, 1.54) is 5.56 Å². The van der Waals surface area contributed by atoms with Crippen LogP contribution in [0.25, 0.3) is 0 Å². The Bertz CT molecular complexity index is 490. The smallest absolute Gasteiger partial charge is 0.0592 e. The first-order valence-corrected chi connectivity index (χ1v) is 7.08. The van der Waals surface area contributed by atoms with Gasteiger partial charge in [-0.15, -0.1) is 11.6 Å². The van der Waals surface area contributed by atoms with Gasteiger partial charge in [-0.3, -0.25) is 4.98 Å². The van der Waals surface area contributed by atoms with Crippen LogP contribution in [0.4, 0.5) is 5.69 Å². The maximum absolute atomic E-state index is 5.89. The Labute approximate surface area is 121 Å². The third-order valence-corrected chi connectivity index (χ3v) is 3.44. The molecule has 0 unspecified atom stereocenters. The highest BCUT2D eigenvalue weighted by Gasteiger charge is 2.09. The van der Waals surface area contributed by atoms with Crippen LogP contribution in [0.5, 0.6) is 0 Å². The van der Waals surface area contributed by atoms with Gasteiger partial charge in [-0.1, -0.05) is 30.3 Å². The van der Waals surface area contributed by atoms with Crippen LogP contribution >= 0.6 is 27.5 Å². The number of hydrogen-bond acceptors (Lipinski definition) is 2. The summed E-state index contributed by atoms with van der Waals surface area (Å²) >= 11 is 9.43. The van der Waals surface area contributed by atoms with Crippen molar-refractivity contribution in [2.75, 3.05) is 17.3 Å². The number of anilines is 1. The zero-order chi connectivity index (χ0) is 12.8. The molecule has 0 saturated heterocycles. The zero-order valence-corrected chi connectivity index (χ0v) is 12.2. The molecule has 1 aromatic heterocycles. The van der Waals surface area contributed by atoms with Gasteiger partial charge in [0, 0.05) is 31.4 Å². The highest BCUT2D eigenvalue weighted by atomic mass is 79.9. The minimum atomic E-state index is 0.599. The summed E-state index contributed by atoms with van der Waals surface area (Å²) in [7, 11) is 0. The summed E-state index contributed by atoms with van der Waals surface area (Å²) in [4.78, 5) is 6.33. The molecule has 2 rings (SSSR count). The fourth-order valence-corrected chi connectivity index (χ4v) is 2.52. The van der Waals surface area contributed by atoms with Crippen LogP contribution in [0.1, 0.15) is 5.56 Å². The average molecular weight is 326 g/mol. The molecule has 2 aromatic rings. The lowest BCUT2D eigenvalue weighted by Crippen LogP contribution is -2.25. The van der Waals surface area contributed by atoms with Crippen LogP contribution < -0.4 is 4.90 Å². The van der Waals surface area contributed by atoms with E-state index in [1.807, 2.05) is 18.3 Å². The van der Waals surface area contributed by atoms with Gasteiger partial charge in [0.15, 0.2) is 0 Å². The molecule has 2 nitrogen and oxygen atoms in total. The summed E-state index contributed by atoms with van der Waals surface area (Å²) in [6.45, 7) is 1.65. The number of alkyl halides is 1. The van der Waals surface area contributed by atoms with E-state index in [1.54, 1.807) is 6.20 Å². The largest absolute Gasteiger partial charge is 0.365 e. The van der Waals surface area contributed by atoms with Crippen molar-refractivity contribution in [1.29, 1.82) is 0 Å². The van der Waals surface area contributed by atoms with E-state index in [0.717, 1.165) is 23.2 Å². The molecule has 0 fully saturated rings. The monoisotopic (exact) mass is 324 g/mol. The van der Waals surface area contributed by atoms with Crippen LogP contribution in [0.15, 0.2) is 53.3 Å². The molecule has 0 N–H and O–H groups in total. The molecule has 0 radical (unpaired) electrons. The van der Waals surface area contributed by atoms with Crippen LogP contribution in [0.2, 0.25) is 0 Å². The van der Waals surface area contributed by atoms with Gasteiger partial charge in [-0.05, 0) is 27.6 Å². The average Bonchev–Trinajstić information content (AvgIpc) is 2.40. The molecule has 94 valence electrons. The van der Waals surface area contributed by atoms with Gasteiger partial charge in [0.1, 0.15) is 0 Å². The lowest BCUT2D eigenvalue weighted by atomic mass is 10.2. The first kappa shape index (κ1) is 13.4. The molecule has 1 aromatic carbocycles. The summed E-state index contributed by atoms with van der Waals surface area (Å²) in [5.74, 6) is 0.599. The second kappa shape index (κ2) is 6.76. The molecule has 0 bridgehead atoms. The van der Waals surface area contributed by atoms with E-state index in [9.17, 15) is 0 Å². The Kier molecular flexibility index (Phi) is 5.02. The Hall–Kier alpha value is -1.06. The van der Waals surface area contributed by atoms with Gasteiger partial charge in [0.2, 0.25) is 0 Å². The third-order valence-electron chi connectivity index (χ3n) is 2.66. The Morgan fingerprint density at radius 3 is 2.61 bits per heavy atom. The first-order chi connectivity index (χ1) is 8.81. The van der Waals surface area contributed by atoms with Gasteiger partial charge in [-0.25, -0.2) is 0 Å². The summed E-state index contributed by atoms with van der Waals surface area (Å²) in [5, 5.41) is 0. The van der Waals surface area contributed by atoms with E-state index in [0.29, 0.717) is 5.88 Å². The number of aromatic nitrogens is 1. The van der Waals surface area contributed by atoms with Crippen molar-refractivity contribution >= 4 is 33.2 Å². The van der Waals surface area contributed by atoms with Gasteiger partial charge < -0.3 is 4.90 Å². The number of pyridine rings is 1. The van der Waals surface area contributed by atoms with Crippen molar-refractivity contribution in [1.82, 2.24) is 4.98 Å². The third kappa shape index (κ3) is 3.47. The molecule has 0 saturated carbocycles. The van der Waals surface area contributed by atoms with E-state index in [4.69, 9.17) is 11.6 Å². The molecular formula is C14H14BrClN2. The minimum Gasteiger partial charge on any atom is -0.365 e. The molecular weight excluding hydrogens is 312 g/mol. The fourth-order valence-electron chi connectivity index (χ4n) is 1.81. The Balaban J connectivity index is 2.21. The quantitative estimate of drug-likeness (QED) is 0.770. The molecule has 0 amide bonds. The topological polar surface area (TPSA) is 16.1 Å². The molecule has 0 aliphatic carbocycles. The lowest BCUT2D eigenvalue weighted by molar-refractivity contribution is 0.831. The van der Waals surface area contributed by atoms with Crippen molar-refractivity contribution < 1.29 is 0 Å². The van der Waals surface area contributed by atoms with Crippen LogP contribution in [0.3, 0.4) is 0 Å². The normalized spacial score (nSPS) is 10.3. The zero-order valence-electron chi connectivity index (χ0n) is 9.89. The molecule has 0 aliphatic rings. The summed E-state index contributed by atoms with van der Waals surface area (Å²) in [5.41, 5.74) is 2.39. The van der Waals surface area contributed by atoms with Gasteiger partial charge in [0.25, 0.3) is 0 Å². The van der Waals surface area contributed by atoms with Crippen molar-refractivity contribution in [3.8, 4) is 0 Å². The highest BCUT2D eigenvalue weighted by Crippen LogP contribution is 2.26. The van der Waals surface area contributed by atoms with Crippen molar-refractivity contribution in [2.45, 2.75) is 6.54 Å². The first-order valence-electron chi connectivity index (χ1n) is 5.75. The molecule has 1 heterocycles. The number of benzene rings is 1. The number of nitrogens with zero attached hydrogens (tertiary/aromatic N) is 2. The highest BCUT2D eigenvalue weighted by molar-refractivity contribution is 9.10. The predicted octanol–water partition coefficient (Wildman–Crippen LogP) is 4.09. The summed E-state index contributed by atoms with van der Waals surface area (Å²) < 4.78 is 0.992. The van der Waals surface area contributed by atoms with Crippen LogP contribution in [-0.2, 0) is 6.54 Å². The van der Waals surface area contributed by atoms with Crippen LogP contribution in [0, 0.1) is 0 Å². The Morgan fingerprint density at radius 1 is 1.17 bits per heavy atom. The standard InChI is InChI=1S/C14H14BrClN2/c15-13-10-17-8-6-14(13)18(9-7-16)11-12-4-2-1-3-5-12/h1-6,8,10H,7,9,11H2. The summed E-state index contributed by atoms with van der Waals surface area (Å²) in [6, 6.07) is 12.4. The second-order valence-corrected chi connectivity index (χ2v) is 5.16. The predicted molar refractivity (Wildman–Crippen MR) is 80.1 cm³/mol. The van der Waals surface area contributed by atoms with Crippen molar-refractivity contribution in [3.63, 3.8) is 0 Å². The van der Waals surface area contributed by atoms with Gasteiger partial charge in [0.05, 0.1) is 10.2 Å². The van der Waals surface area contributed by atoms with Gasteiger partial charge in [-0.2, -0.15) is 0 Å². The number of halogens is 2. The molecule has 18 heavy (non-hydrogen) atoms. The van der Waals surface area contributed by atoms with E-state index in [-0.39, 0.29) is 0 Å². The molecule has 0 atom stereocenters. The van der Waals surface area contributed by atoms with Crippen molar-refractivity contribution in [2.24, 2.45) is 0 Å².